The van der Waals surface area contributed by atoms with Crippen LogP contribution in [0.25, 0.3) is 0 Å². The summed E-state index contributed by atoms with van der Waals surface area (Å²) in [5.41, 5.74) is 7.81. The Kier molecular flexibility index (Phi) is 4.74. The van der Waals surface area contributed by atoms with Crippen LogP contribution in [0.3, 0.4) is 0 Å². The van der Waals surface area contributed by atoms with Crippen LogP contribution in [-0.2, 0) is 9.59 Å². The van der Waals surface area contributed by atoms with E-state index in [1.54, 1.807) is 6.07 Å². The van der Waals surface area contributed by atoms with Crippen LogP contribution in [0.4, 0.5) is 11.4 Å². The number of hydrogen-bond donors (Lipinski definition) is 3. The molecule has 0 aromatic heterocycles. The van der Waals surface area contributed by atoms with Crippen LogP contribution in [0.15, 0.2) is 18.2 Å². The van der Waals surface area contributed by atoms with Crippen LogP contribution in [0.5, 0.6) is 0 Å². The fourth-order valence-corrected chi connectivity index (χ4v) is 1.90. The Hall–Kier alpha value is -1.88. The van der Waals surface area contributed by atoms with E-state index in [9.17, 15) is 9.59 Å². The van der Waals surface area contributed by atoms with Gasteiger partial charge in [-0.25, -0.2) is 0 Å². The number of rotatable bonds is 6. The molecule has 0 saturated heterocycles. The van der Waals surface area contributed by atoms with Gasteiger partial charge >= 0.3 is 0 Å². The van der Waals surface area contributed by atoms with E-state index in [0.29, 0.717) is 19.4 Å². The van der Waals surface area contributed by atoms with Gasteiger partial charge in [-0.3, -0.25) is 9.59 Å². The molecule has 0 radical (unpaired) electrons. The van der Waals surface area contributed by atoms with Gasteiger partial charge in [0.05, 0.1) is 0 Å². The van der Waals surface area contributed by atoms with Crippen LogP contribution in [0.1, 0.15) is 31.2 Å². The minimum atomic E-state index is -0.0516. The number of carbonyl (C=O) groups excluding carboxylic acids is 2. The number of nitrogens with two attached hydrogens (primary N) is 1. The molecular weight excluding hydrogens is 254 g/mol. The second-order valence-electron chi connectivity index (χ2n) is 5.23. The van der Waals surface area contributed by atoms with E-state index in [2.05, 4.69) is 10.6 Å². The first kappa shape index (κ1) is 14.5. The number of anilines is 2. The van der Waals surface area contributed by atoms with E-state index in [0.717, 1.165) is 29.8 Å². The van der Waals surface area contributed by atoms with Crippen LogP contribution in [0, 0.1) is 12.8 Å². The summed E-state index contributed by atoms with van der Waals surface area (Å²) < 4.78 is 0. The zero-order valence-electron chi connectivity index (χ0n) is 11.7. The molecule has 1 aromatic carbocycles. The predicted octanol–water partition coefficient (Wildman–Crippen LogP) is 2.02. The fraction of sp³-hybridized carbons (Fsp3) is 0.467. The fourth-order valence-electron chi connectivity index (χ4n) is 1.90. The number of nitrogens with one attached hydrogen (secondary N) is 2. The number of amides is 2. The van der Waals surface area contributed by atoms with Gasteiger partial charge in [0.25, 0.3) is 0 Å². The van der Waals surface area contributed by atoms with Crippen LogP contribution >= 0.6 is 0 Å². The topological polar surface area (TPSA) is 84.2 Å². The molecule has 1 fully saturated rings. The van der Waals surface area contributed by atoms with E-state index in [1.165, 1.54) is 0 Å². The molecule has 5 heteroatoms. The van der Waals surface area contributed by atoms with Crippen LogP contribution in [-0.4, -0.2) is 18.4 Å². The molecule has 1 aromatic rings. The maximum atomic E-state index is 11.7. The number of aryl methyl sites for hydroxylation is 1. The van der Waals surface area contributed by atoms with Crippen molar-refractivity contribution in [1.82, 2.24) is 0 Å². The summed E-state index contributed by atoms with van der Waals surface area (Å²) in [4.78, 5) is 23.4. The van der Waals surface area contributed by atoms with Crippen molar-refractivity contribution >= 4 is 23.2 Å². The molecule has 5 nitrogen and oxygen atoms in total. The van der Waals surface area contributed by atoms with Crippen molar-refractivity contribution in [2.75, 3.05) is 17.2 Å². The molecule has 108 valence electrons. The first-order valence-corrected chi connectivity index (χ1v) is 7.01. The normalized spacial score (nSPS) is 13.9. The lowest BCUT2D eigenvalue weighted by Crippen LogP contribution is -2.16. The highest BCUT2D eigenvalue weighted by atomic mass is 16.2. The average molecular weight is 275 g/mol. The number of benzene rings is 1. The maximum Gasteiger partial charge on any atom is 0.227 e. The Balaban J connectivity index is 2.00. The molecule has 4 N–H and O–H groups in total. The second kappa shape index (κ2) is 6.52. The van der Waals surface area contributed by atoms with E-state index in [1.807, 2.05) is 19.1 Å². The SMILES string of the molecule is Cc1ccc(NC(=O)C2CC2)cc1NC(=O)CCCN. The van der Waals surface area contributed by atoms with Gasteiger partial charge in [-0.15, -0.1) is 0 Å². The molecule has 20 heavy (non-hydrogen) atoms. The van der Waals surface area contributed by atoms with E-state index >= 15 is 0 Å². The standard InChI is InChI=1S/C15H21N3O2/c1-10-4-7-12(17-15(20)11-5-6-11)9-13(10)18-14(19)3-2-8-16/h4,7,9,11H,2-3,5-6,8,16H2,1H3,(H,17,20)(H,18,19). The smallest absolute Gasteiger partial charge is 0.227 e. The quantitative estimate of drug-likeness (QED) is 0.742. The monoisotopic (exact) mass is 275 g/mol. The molecule has 0 heterocycles. The molecule has 1 saturated carbocycles. The Morgan fingerprint density at radius 3 is 2.70 bits per heavy atom. The second-order valence-corrected chi connectivity index (χ2v) is 5.23. The summed E-state index contributed by atoms with van der Waals surface area (Å²) in [5, 5.41) is 5.74. The van der Waals surface area contributed by atoms with Crippen molar-refractivity contribution < 1.29 is 9.59 Å². The van der Waals surface area contributed by atoms with Gasteiger partial charge in [0.2, 0.25) is 11.8 Å². The lowest BCUT2D eigenvalue weighted by atomic mass is 10.1. The highest BCUT2D eigenvalue weighted by Gasteiger charge is 2.29. The van der Waals surface area contributed by atoms with Crippen LogP contribution < -0.4 is 16.4 Å². The highest BCUT2D eigenvalue weighted by molar-refractivity contribution is 5.96. The summed E-state index contributed by atoms with van der Waals surface area (Å²) in [6, 6.07) is 5.54. The van der Waals surface area contributed by atoms with Crippen molar-refractivity contribution in [3.63, 3.8) is 0 Å². The average Bonchev–Trinajstić information content (AvgIpc) is 3.24. The Labute approximate surface area is 118 Å². The van der Waals surface area contributed by atoms with Crippen molar-refractivity contribution in [2.45, 2.75) is 32.6 Å². The third kappa shape index (κ3) is 4.06. The first-order chi connectivity index (χ1) is 9.60. The molecule has 0 bridgehead atoms. The first-order valence-electron chi connectivity index (χ1n) is 7.01. The molecule has 0 atom stereocenters. The lowest BCUT2D eigenvalue weighted by molar-refractivity contribution is -0.117. The summed E-state index contributed by atoms with van der Waals surface area (Å²) in [6.45, 7) is 2.43. The van der Waals surface area contributed by atoms with E-state index < -0.39 is 0 Å². The minimum Gasteiger partial charge on any atom is -0.330 e. The van der Waals surface area contributed by atoms with E-state index in [4.69, 9.17) is 5.73 Å². The molecule has 0 aliphatic heterocycles. The molecule has 1 aliphatic rings. The van der Waals surface area contributed by atoms with Crippen molar-refractivity contribution in [3.8, 4) is 0 Å². The van der Waals surface area contributed by atoms with E-state index in [-0.39, 0.29) is 17.7 Å². The van der Waals surface area contributed by atoms with Crippen molar-refractivity contribution in [1.29, 1.82) is 0 Å². The summed E-state index contributed by atoms with van der Waals surface area (Å²) in [6.07, 6.45) is 3.03. The highest BCUT2D eigenvalue weighted by Crippen LogP contribution is 2.30. The zero-order valence-corrected chi connectivity index (χ0v) is 11.7. The van der Waals surface area contributed by atoms with Gasteiger partial charge in [0.1, 0.15) is 0 Å². The van der Waals surface area contributed by atoms with Gasteiger partial charge in [-0.2, -0.15) is 0 Å². The molecular formula is C15H21N3O2. The van der Waals surface area contributed by atoms with Crippen LogP contribution in [0.2, 0.25) is 0 Å². The third-order valence-corrected chi connectivity index (χ3v) is 3.34. The minimum absolute atomic E-state index is 0.0516. The van der Waals surface area contributed by atoms with Gasteiger partial charge in [-0.1, -0.05) is 6.07 Å². The zero-order chi connectivity index (χ0) is 14.5. The predicted molar refractivity (Wildman–Crippen MR) is 79.5 cm³/mol. The summed E-state index contributed by atoms with van der Waals surface area (Å²) >= 11 is 0. The molecule has 2 amide bonds. The lowest BCUT2D eigenvalue weighted by Gasteiger charge is -2.11. The van der Waals surface area contributed by atoms with Crippen molar-refractivity contribution in [3.05, 3.63) is 23.8 Å². The third-order valence-electron chi connectivity index (χ3n) is 3.34. The largest absolute Gasteiger partial charge is 0.330 e. The van der Waals surface area contributed by atoms with Gasteiger partial charge in [-0.05, 0) is 50.4 Å². The number of carbonyl (C=O) groups is 2. The Morgan fingerprint density at radius 2 is 2.05 bits per heavy atom. The van der Waals surface area contributed by atoms with Gasteiger partial charge in [0.15, 0.2) is 0 Å². The molecule has 0 unspecified atom stereocenters. The van der Waals surface area contributed by atoms with Crippen molar-refractivity contribution in [2.24, 2.45) is 11.7 Å². The summed E-state index contributed by atoms with van der Waals surface area (Å²) in [7, 11) is 0. The molecule has 1 aliphatic carbocycles. The Bertz CT molecular complexity index is 510. The van der Waals surface area contributed by atoms with Gasteiger partial charge < -0.3 is 16.4 Å². The molecule has 2 rings (SSSR count). The Morgan fingerprint density at radius 1 is 1.30 bits per heavy atom. The molecule has 0 spiro atoms. The summed E-state index contributed by atoms with van der Waals surface area (Å²) in [5.74, 6) is 0.178. The maximum absolute atomic E-state index is 11.7. The van der Waals surface area contributed by atoms with Gasteiger partial charge in [0, 0.05) is 23.7 Å². The number of hydrogen-bond acceptors (Lipinski definition) is 3.